The van der Waals surface area contributed by atoms with Gasteiger partial charge in [0.05, 0.1) is 12.1 Å². The maximum atomic E-state index is 6.08. The molecule has 0 saturated carbocycles. The van der Waals surface area contributed by atoms with E-state index >= 15 is 0 Å². The lowest BCUT2D eigenvalue weighted by atomic mass is 9.99. The molecule has 0 unspecified atom stereocenters. The molecule has 3 aromatic rings. The minimum absolute atomic E-state index is 0.163. The Labute approximate surface area is 156 Å². The molecular formula is C22H31N3O. The molecular weight excluding hydrogens is 322 g/mol. The molecule has 4 nitrogen and oxygen atoms in total. The predicted molar refractivity (Wildman–Crippen MR) is 109 cm³/mol. The van der Waals surface area contributed by atoms with Crippen LogP contribution < -0.4 is 0 Å². The standard InChI is InChI=1S/C22H31N3O/c1-15(2)11-14-26-22(5,6)12-13-25-23-20-16(3)18-9-7-8-10-19(18)17(4)21(20)24-25/h7-10,15H,11-14H2,1-6H3. The zero-order valence-electron chi connectivity index (χ0n) is 17.0. The topological polar surface area (TPSA) is 39.9 Å². The molecule has 0 N–H and O–H groups in total. The molecule has 26 heavy (non-hydrogen) atoms. The van der Waals surface area contributed by atoms with Crippen LogP contribution in [0.1, 0.15) is 51.7 Å². The number of benzene rings is 2. The Morgan fingerprint density at radius 1 is 1.00 bits per heavy atom. The van der Waals surface area contributed by atoms with E-state index in [9.17, 15) is 0 Å². The molecule has 2 aromatic carbocycles. The number of hydrogen-bond acceptors (Lipinski definition) is 3. The molecule has 0 aliphatic carbocycles. The van der Waals surface area contributed by atoms with Crippen LogP contribution in [0.25, 0.3) is 21.8 Å². The number of fused-ring (bicyclic) bond motifs is 2. The first-order valence-electron chi connectivity index (χ1n) is 9.65. The highest BCUT2D eigenvalue weighted by molar-refractivity contribution is 6.02. The van der Waals surface area contributed by atoms with Crippen LogP contribution >= 0.6 is 0 Å². The second-order valence-electron chi connectivity index (χ2n) is 8.33. The van der Waals surface area contributed by atoms with E-state index in [1.807, 2.05) is 4.80 Å². The average molecular weight is 354 g/mol. The number of aromatic nitrogens is 3. The molecule has 0 amide bonds. The molecule has 0 radical (unpaired) electrons. The summed E-state index contributed by atoms with van der Waals surface area (Å²) in [6.45, 7) is 14.6. The van der Waals surface area contributed by atoms with Crippen molar-refractivity contribution in [1.82, 2.24) is 15.0 Å². The molecule has 0 aliphatic heterocycles. The molecule has 0 fully saturated rings. The molecule has 0 bridgehead atoms. The van der Waals surface area contributed by atoms with Crippen LogP contribution in [0, 0.1) is 19.8 Å². The fourth-order valence-corrected chi connectivity index (χ4v) is 3.36. The number of hydrogen-bond donors (Lipinski definition) is 0. The van der Waals surface area contributed by atoms with Crippen LogP contribution in [0.4, 0.5) is 0 Å². The van der Waals surface area contributed by atoms with E-state index in [1.54, 1.807) is 0 Å². The minimum atomic E-state index is -0.163. The van der Waals surface area contributed by atoms with Crippen molar-refractivity contribution in [3.8, 4) is 0 Å². The molecule has 1 heterocycles. The summed E-state index contributed by atoms with van der Waals surface area (Å²) in [5.74, 6) is 0.670. The Bertz CT molecular complexity index is 850. The van der Waals surface area contributed by atoms with Gasteiger partial charge in [0.25, 0.3) is 0 Å². The van der Waals surface area contributed by atoms with Gasteiger partial charge < -0.3 is 4.74 Å². The second-order valence-corrected chi connectivity index (χ2v) is 8.33. The van der Waals surface area contributed by atoms with Crippen molar-refractivity contribution >= 4 is 21.8 Å². The maximum Gasteiger partial charge on any atom is 0.117 e. The summed E-state index contributed by atoms with van der Waals surface area (Å²) in [4.78, 5) is 1.84. The number of ether oxygens (including phenoxy) is 1. The number of aryl methyl sites for hydroxylation is 3. The van der Waals surface area contributed by atoms with E-state index in [-0.39, 0.29) is 5.60 Å². The summed E-state index contributed by atoms with van der Waals surface area (Å²) in [7, 11) is 0. The lowest BCUT2D eigenvalue weighted by molar-refractivity contribution is -0.0314. The van der Waals surface area contributed by atoms with E-state index in [1.165, 1.54) is 21.9 Å². The van der Waals surface area contributed by atoms with Gasteiger partial charge in [0.2, 0.25) is 0 Å². The zero-order valence-corrected chi connectivity index (χ0v) is 17.0. The molecule has 0 spiro atoms. The SMILES string of the molecule is Cc1c2ccccc2c(C)c2nn(CCC(C)(C)OCCC(C)C)nc12. The van der Waals surface area contributed by atoms with Crippen molar-refractivity contribution in [1.29, 1.82) is 0 Å². The van der Waals surface area contributed by atoms with E-state index in [4.69, 9.17) is 14.9 Å². The van der Waals surface area contributed by atoms with Crippen molar-refractivity contribution in [2.24, 2.45) is 5.92 Å². The molecule has 4 heteroatoms. The summed E-state index contributed by atoms with van der Waals surface area (Å²) in [6.07, 6.45) is 1.99. The van der Waals surface area contributed by atoms with Crippen LogP contribution in [-0.2, 0) is 11.3 Å². The van der Waals surface area contributed by atoms with Crippen molar-refractivity contribution in [2.75, 3.05) is 6.61 Å². The van der Waals surface area contributed by atoms with Crippen molar-refractivity contribution in [3.05, 3.63) is 35.4 Å². The molecule has 1 aromatic heterocycles. The van der Waals surface area contributed by atoms with Crippen LogP contribution in [0.15, 0.2) is 24.3 Å². The Kier molecular flexibility index (Phi) is 5.33. The first-order valence-corrected chi connectivity index (χ1v) is 9.65. The molecule has 0 aliphatic rings. The smallest absolute Gasteiger partial charge is 0.117 e. The Hall–Kier alpha value is -1.94. The number of nitrogens with zero attached hydrogens (tertiary/aromatic N) is 3. The van der Waals surface area contributed by atoms with Gasteiger partial charge in [-0.25, -0.2) is 0 Å². The minimum Gasteiger partial charge on any atom is -0.375 e. The van der Waals surface area contributed by atoms with Crippen molar-refractivity contribution in [2.45, 2.75) is 66.5 Å². The highest BCUT2D eigenvalue weighted by Crippen LogP contribution is 2.30. The van der Waals surface area contributed by atoms with Gasteiger partial charge in [-0.2, -0.15) is 15.0 Å². The maximum absolute atomic E-state index is 6.08. The predicted octanol–water partition coefficient (Wildman–Crippen LogP) is 5.43. The van der Waals surface area contributed by atoms with E-state index in [2.05, 4.69) is 65.8 Å². The Morgan fingerprint density at radius 3 is 2.04 bits per heavy atom. The van der Waals surface area contributed by atoms with Crippen LogP contribution in [0.5, 0.6) is 0 Å². The quantitative estimate of drug-likeness (QED) is 0.568. The van der Waals surface area contributed by atoms with Gasteiger partial charge in [0.1, 0.15) is 11.0 Å². The normalized spacial score (nSPS) is 12.6. The summed E-state index contributed by atoms with van der Waals surface area (Å²) < 4.78 is 6.08. The highest BCUT2D eigenvalue weighted by Gasteiger charge is 2.20. The molecule has 0 atom stereocenters. The van der Waals surface area contributed by atoms with Gasteiger partial charge in [0, 0.05) is 6.61 Å². The van der Waals surface area contributed by atoms with Gasteiger partial charge in [0.15, 0.2) is 0 Å². The van der Waals surface area contributed by atoms with Crippen LogP contribution in [0.3, 0.4) is 0 Å². The third-order valence-electron chi connectivity index (χ3n) is 5.20. The lowest BCUT2D eigenvalue weighted by Crippen LogP contribution is -2.27. The summed E-state index contributed by atoms with van der Waals surface area (Å²) >= 11 is 0. The first kappa shape index (κ1) is 18.8. The summed E-state index contributed by atoms with van der Waals surface area (Å²) in [6, 6.07) is 8.51. The van der Waals surface area contributed by atoms with Crippen LogP contribution in [0.2, 0.25) is 0 Å². The fraction of sp³-hybridized carbons (Fsp3) is 0.545. The van der Waals surface area contributed by atoms with Gasteiger partial charge in [-0.05, 0) is 68.4 Å². The first-order chi connectivity index (χ1) is 12.3. The second kappa shape index (κ2) is 7.36. The van der Waals surface area contributed by atoms with Crippen LogP contribution in [-0.4, -0.2) is 27.2 Å². The summed E-state index contributed by atoms with van der Waals surface area (Å²) in [5.41, 5.74) is 4.28. The third-order valence-corrected chi connectivity index (χ3v) is 5.20. The number of rotatable bonds is 7. The Balaban J connectivity index is 1.80. The monoisotopic (exact) mass is 353 g/mol. The third kappa shape index (κ3) is 3.90. The van der Waals surface area contributed by atoms with E-state index in [0.717, 1.165) is 37.0 Å². The fourth-order valence-electron chi connectivity index (χ4n) is 3.36. The highest BCUT2D eigenvalue weighted by atomic mass is 16.5. The van der Waals surface area contributed by atoms with Gasteiger partial charge in [-0.15, -0.1) is 0 Å². The van der Waals surface area contributed by atoms with Crippen molar-refractivity contribution in [3.63, 3.8) is 0 Å². The van der Waals surface area contributed by atoms with Gasteiger partial charge in [-0.1, -0.05) is 38.1 Å². The Morgan fingerprint density at radius 2 is 1.54 bits per heavy atom. The van der Waals surface area contributed by atoms with E-state index in [0.29, 0.717) is 5.92 Å². The molecule has 0 saturated heterocycles. The van der Waals surface area contributed by atoms with Gasteiger partial charge >= 0.3 is 0 Å². The van der Waals surface area contributed by atoms with Crippen molar-refractivity contribution < 1.29 is 4.74 Å². The largest absolute Gasteiger partial charge is 0.375 e. The van der Waals surface area contributed by atoms with Gasteiger partial charge in [-0.3, -0.25) is 0 Å². The lowest BCUT2D eigenvalue weighted by Gasteiger charge is -2.25. The van der Waals surface area contributed by atoms with E-state index < -0.39 is 0 Å². The zero-order chi connectivity index (χ0) is 18.9. The summed E-state index contributed by atoms with van der Waals surface area (Å²) in [5, 5.41) is 12.1. The molecule has 140 valence electrons. The molecule has 3 rings (SSSR count). The average Bonchev–Trinajstić information content (AvgIpc) is 3.02.